The number of carbonyl (C=O) groups excluding carboxylic acids is 1. The van der Waals surface area contributed by atoms with Crippen molar-refractivity contribution in [2.75, 3.05) is 53.6 Å². The summed E-state index contributed by atoms with van der Waals surface area (Å²) >= 11 is 0. The molecule has 2 N–H and O–H groups in total. The van der Waals surface area contributed by atoms with Gasteiger partial charge in [0.05, 0.1) is 25.4 Å². The minimum absolute atomic E-state index is 0.0262. The fourth-order valence-electron chi connectivity index (χ4n) is 1.84. The Hall–Kier alpha value is -0.690. The van der Waals surface area contributed by atoms with Crippen molar-refractivity contribution in [3.63, 3.8) is 0 Å². The van der Waals surface area contributed by atoms with Crippen molar-refractivity contribution in [2.24, 2.45) is 0 Å². The molecule has 1 aliphatic heterocycles. The van der Waals surface area contributed by atoms with Gasteiger partial charge in [-0.05, 0) is 14.0 Å². The Balaban J connectivity index is 2.25. The molecule has 1 amide bonds. The lowest BCUT2D eigenvalue weighted by Crippen LogP contribution is -2.50. The van der Waals surface area contributed by atoms with Crippen LogP contribution in [0.25, 0.3) is 0 Å². The van der Waals surface area contributed by atoms with E-state index in [9.17, 15) is 4.79 Å². The maximum atomic E-state index is 11.8. The van der Waals surface area contributed by atoms with Crippen molar-refractivity contribution in [1.82, 2.24) is 15.5 Å². The molecule has 0 saturated carbocycles. The highest BCUT2D eigenvalue weighted by atomic mass is 16.5. The van der Waals surface area contributed by atoms with Crippen LogP contribution < -0.4 is 10.6 Å². The van der Waals surface area contributed by atoms with Crippen molar-refractivity contribution in [2.45, 2.75) is 19.1 Å². The second kappa shape index (κ2) is 8.42. The highest BCUT2D eigenvalue weighted by Gasteiger charge is 2.22. The first-order valence-electron chi connectivity index (χ1n) is 6.44. The molecule has 0 bridgehead atoms. The third-order valence-electron chi connectivity index (χ3n) is 3.14. The van der Waals surface area contributed by atoms with Crippen LogP contribution in [0.15, 0.2) is 0 Å². The van der Waals surface area contributed by atoms with Crippen LogP contribution >= 0.6 is 0 Å². The van der Waals surface area contributed by atoms with Crippen molar-refractivity contribution >= 4 is 5.91 Å². The SMILES string of the molecule is COCCNC(=O)C(C)N(C)CC1CNCCO1. The van der Waals surface area contributed by atoms with Gasteiger partial charge in [0.1, 0.15) is 0 Å². The van der Waals surface area contributed by atoms with Crippen molar-refractivity contribution < 1.29 is 14.3 Å². The molecule has 1 heterocycles. The summed E-state index contributed by atoms with van der Waals surface area (Å²) < 4.78 is 10.5. The number of amides is 1. The molecule has 0 spiro atoms. The van der Waals surface area contributed by atoms with Gasteiger partial charge in [0.2, 0.25) is 5.91 Å². The molecular formula is C12H25N3O3. The fraction of sp³-hybridized carbons (Fsp3) is 0.917. The number of morpholine rings is 1. The molecule has 0 aromatic carbocycles. The number of methoxy groups -OCH3 is 1. The summed E-state index contributed by atoms with van der Waals surface area (Å²) in [6.45, 7) is 6.25. The van der Waals surface area contributed by atoms with E-state index in [2.05, 4.69) is 10.6 Å². The van der Waals surface area contributed by atoms with Gasteiger partial charge in [-0.1, -0.05) is 0 Å². The van der Waals surface area contributed by atoms with Crippen LogP contribution in [0.2, 0.25) is 0 Å². The number of hydrogen-bond donors (Lipinski definition) is 2. The van der Waals surface area contributed by atoms with Gasteiger partial charge >= 0.3 is 0 Å². The van der Waals surface area contributed by atoms with E-state index in [-0.39, 0.29) is 18.1 Å². The predicted molar refractivity (Wildman–Crippen MR) is 69.6 cm³/mol. The molecule has 1 rings (SSSR count). The summed E-state index contributed by atoms with van der Waals surface area (Å²) in [4.78, 5) is 13.8. The molecule has 18 heavy (non-hydrogen) atoms. The molecule has 0 aromatic heterocycles. The summed E-state index contributed by atoms with van der Waals surface area (Å²) in [5, 5.41) is 6.12. The third-order valence-corrected chi connectivity index (χ3v) is 3.14. The molecule has 0 aromatic rings. The number of carbonyl (C=O) groups is 1. The van der Waals surface area contributed by atoms with Crippen LogP contribution in [-0.4, -0.2) is 76.5 Å². The standard InChI is InChI=1S/C12H25N3O3/c1-10(12(16)14-5-6-17-3)15(2)9-11-8-13-4-7-18-11/h10-11,13H,4-9H2,1-3H3,(H,14,16). The van der Waals surface area contributed by atoms with E-state index in [0.29, 0.717) is 13.2 Å². The van der Waals surface area contributed by atoms with Gasteiger partial charge in [-0.2, -0.15) is 0 Å². The van der Waals surface area contributed by atoms with Crippen LogP contribution in [-0.2, 0) is 14.3 Å². The molecule has 1 aliphatic rings. The van der Waals surface area contributed by atoms with E-state index in [1.807, 2.05) is 18.9 Å². The Morgan fingerprint density at radius 3 is 3.06 bits per heavy atom. The summed E-state index contributed by atoms with van der Waals surface area (Å²) in [7, 11) is 3.56. The second-order valence-corrected chi connectivity index (χ2v) is 4.60. The summed E-state index contributed by atoms with van der Waals surface area (Å²) in [5.41, 5.74) is 0. The average molecular weight is 259 g/mol. The number of rotatable bonds is 7. The molecule has 6 heteroatoms. The Kier molecular flexibility index (Phi) is 7.19. The molecule has 0 radical (unpaired) electrons. The smallest absolute Gasteiger partial charge is 0.237 e. The Bertz CT molecular complexity index is 245. The van der Waals surface area contributed by atoms with Crippen LogP contribution in [0.3, 0.4) is 0 Å². The van der Waals surface area contributed by atoms with Crippen molar-refractivity contribution in [3.8, 4) is 0 Å². The lowest BCUT2D eigenvalue weighted by molar-refractivity contribution is -0.126. The van der Waals surface area contributed by atoms with Crippen molar-refractivity contribution in [1.29, 1.82) is 0 Å². The van der Waals surface area contributed by atoms with E-state index in [1.165, 1.54) is 0 Å². The first kappa shape index (κ1) is 15.4. The van der Waals surface area contributed by atoms with Gasteiger partial charge in [0, 0.05) is 33.3 Å². The number of ether oxygens (including phenoxy) is 2. The maximum absolute atomic E-state index is 11.8. The van der Waals surface area contributed by atoms with Crippen LogP contribution in [0.5, 0.6) is 0 Å². The topological polar surface area (TPSA) is 62.8 Å². The maximum Gasteiger partial charge on any atom is 0.237 e. The first-order valence-corrected chi connectivity index (χ1v) is 6.44. The molecule has 6 nitrogen and oxygen atoms in total. The molecule has 1 saturated heterocycles. The number of nitrogens with zero attached hydrogens (tertiary/aromatic N) is 1. The number of nitrogens with one attached hydrogen (secondary N) is 2. The van der Waals surface area contributed by atoms with Gasteiger partial charge in [0.15, 0.2) is 0 Å². The zero-order valence-corrected chi connectivity index (χ0v) is 11.6. The summed E-state index contributed by atoms with van der Waals surface area (Å²) in [6, 6.07) is -0.160. The highest BCUT2D eigenvalue weighted by Crippen LogP contribution is 2.02. The van der Waals surface area contributed by atoms with E-state index in [1.54, 1.807) is 7.11 Å². The van der Waals surface area contributed by atoms with Crippen LogP contribution in [0, 0.1) is 0 Å². The van der Waals surface area contributed by atoms with E-state index in [4.69, 9.17) is 9.47 Å². The summed E-state index contributed by atoms with van der Waals surface area (Å²) in [5.74, 6) is 0.0262. The molecule has 106 valence electrons. The zero-order chi connectivity index (χ0) is 13.4. The molecular weight excluding hydrogens is 234 g/mol. The molecule has 2 atom stereocenters. The minimum Gasteiger partial charge on any atom is -0.383 e. The number of likely N-dealkylation sites (N-methyl/N-ethyl adjacent to an activating group) is 1. The quantitative estimate of drug-likeness (QED) is 0.578. The van der Waals surface area contributed by atoms with E-state index in [0.717, 1.165) is 26.2 Å². The lowest BCUT2D eigenvalue weighted by Gasteiger charge is -2.30. The summed E-state index contributed by atoms with van der Waals surface area (Å²) in [6.07, 6.45) is 0.165. The Labute approximate surface area is 109 Å². The van der Waals surface area contributed by atoms with Gasteiger partial charge in [-0.15, -0.1) is 0 Å². The van der Waals surface area contributed by atoms with Gasteiger partial charge in [0.25, 0.3) is 0 Å². The predicted octanol–water partition coefficient (Wildman–Crippen LogP) is -0.942. The lowest BCUT2D eigenvalue weighted by atomic mass is 10.2. The Morgan fingerprint density at radius 2 is 2.44 bits per heavy atom. The van der Waals surface area contributed by atoms with Gasteiger partial charge < -0.3 is 20.1 Å². The molecule has 0 aliphatic carbocycles. The van der Waals surface area contributed by atoms with Crippen LogP contribution in [0.1, 0.15) is 6.92 Å². The third kappa shape index (κ3) is 5.30. The first-order chi connectivity index (χ1) is 8.65. The minimum atomic E-state index is -0.160. The number of hydrogen-bond acceptors (Lipinski definition) is 5. The fourth-order valence-corrected chi connectivity index (χ4v) is 1.84. The monoisotopic (exact) mass is 259 g/mol. The Morgan fingerprint density at radius 1 is 1.67 bits per heavy atom. The molecule has 1 fully saturated rings. The normalized spacial score (nSPS) is 21.9. The highest BCUT2D eigenvalue weighted by molar-refractivity contribution is 5.81. The largest absolute Gasteiger partial charge is 0.383 e. The van der Waals surface area contributed by atoms with Crippen LogP contribution in [0.4, 0.5) is 0 Å². The molecule has 2 unspecified atom stereocenters. The van der Waals surface area contributed by atoms with E-state index < -0.39 is 0 Å². The van der Waals surface area contributed by atoms with E-state index >= 15 is 0 Å². The average Bonchev–Trinajstić information content (AvgIpc) is 2.39. The van der Waals surface area contributed by atoms with Gasteiger partial charge in [-0.25, -0.2) is 0 Å². The van der Waals surface area contributed by atoms with Gasteiger partial charge in [-0.3, -0.25) is 9.69 Å². The van der Waals surface area contributed by atoms with Crippen molar-refractivity contribution in [3.05, 3.63) is 0 Å². The zero-order valence-electron chi connectivity index (χ0n) is 11.6. The second-order valence-electron chi connectivity index (χ2n) is 4.60.